The fourth-order valence-corrected chi connectivity index (χ4v) is 2.19. The summed E-state index contributed by atoms with van der Waals surface area (Å²) in [7, 11) is 0. The molecular weight excluding hydrogens is 197 g/mol. The number of hydrogen-bond acceptors (Lipinski definition) is 2. The third-order valence-electron chi connectivity index (χ3n) is 2.07. The zero-order valence-corrected chi connectivity index (χ0v) is 8.35. The van der Waals surface area contributed by atoms with Crippen molar-refractivity contribution < 1.29 is 4.39 Å². The second kappa shape index (κ2) is 3.90. The molecule has 0 spiro atoms. The SMILES string of the molecule is NCc1cc(F)ccc1-c1cccs1. The molecule has 0 saturated carbocycles. The highest BCUT2D eigenvalue weighted by molar-refractivity contribution is 7.13. The standard InChI is InChI=1S/C11H10FNS/c12-9-3-4-10(8(6-9)7-13)11-2-1-5-14-11/h1-6H,7,13H2. The van der Waals surface area contributed by atoms with E-state index in [9.17, 15) is 4.39 Å². The number of benzene rings is 1. The van der Waals surface area contributed by atoms with Crippen molar-refractivity contribution in [2.75, 3.05) is 0 Å². The lowest BCUT2D eigenvalue weighted by Gasteiger charge is -2.05. The van der Waals surface area contributed by atoms with E-state index in [4.69, 9.17) is 5.73 Å². The molecule has 72 valence electrons. The summed E-state index contributed by atoms with van der Waals surface area (Å²) < 4.78 is 12.9. The van der Waals surface area contributed by atoms with Crippen LogP contribution in [-0.2, 0) is 6.54 Å². The molecule has 0 radical (unpaired) electrons. The van der Waals surface area contributed by atoms with Crippen molar-refractivity contribution in [1.29, 1.82) is 0 Å². The van der Waals surface area contributed by atoms with Gasteiger partial charge >= 0.3 is 0 Å². The first-order valence-corrected chi connectivity index (χ1v) is 5.21. The van der Waals surface area contributed by atoms with Crippen molar-refractivity contribution in [2.45, 2.75) is 6.54 Å². The molecule has 1 nitrogen and oxygen atoms in total. The average Bonchev–Trinajstić information content (AvgIpc) is 2.70. The van der Waals surface area contributed by atoms with E-state index in [2.05, 4.69) is 0 Å². The van der Waals surface area contributed by atoms with Gasteiger partial charge in [-0.05, 0) is 34.7 Å². The molecule has 1 aromatic heterocycles. The fourth-order valence-electron chi connectivity index (χ4n) is 1.40. The zero-order valence-electron chi connectivity index (χ0n) is 7.53. The lowest BCUT2D eigenvalue weighted by atomic mass is 10.1. The van der Waals surface area contributed by atoms with E-state index in [1.165, 1.54) is 12.1 Å². The highest BCUT2D eigenvalue weighted by atomic mass is 32.1. The highest BCUT2D eigenvalue weighted by Gasteiger charge is 2.05. The summed E-state index contributed by atoms with van der Waals surface area (Å²) in [6.45, 7) is 0.366. The Hall–Kier alpha value is -1.19. The molecule has 0 unspecified atom stereocenters. The molecule has 0 bridgehead atoms. The van der Waals surface area contributed by atoms with Gasteiger partial charge in [-0.15, -0.1) is 11.3 Å². The smallest absolute Gasteiger partial charge is 0.123 e. The Morgan fingerprint density at radius 1 is 1.29 bits per heavy atom. The molecule has 2 N–H and O–H groups in total. The quantitative estimate of drug-likeness (QED) is 0.804. The van der Waals surface area contributed by atoms with Crippen LogP contribution in [0.3, 0.4) is 0 Å². The third kappa shape index (κ3) is 1.69. The topological polar surface area (TPSA) is 26.0 Å². The molecule has 0 aliphatic heterocycles. The lowest BCUT2D eigenvalue weighted by Crippen LogP contribution is -1.99. The largest absolute Gasteiger partial charge is 0.326 e. The highest BCUT2D eigenvalue weighted by Crippen LogP contribution is 2.28. The minimum atomic E-state index is -0.231. The van der Waals surface area contributed by atoms with Gasteiger partial charge in [-0.3, -0.25) is 0 Å². The van der Waals surface area contributed by atoms with E-state index in [0.29, 0.717) is 6.54 Å². The van der Waals surface area contributed by atoms with Crippen molar-refractivity contribution >= 4 is 11.3 Å². The number of thiophene rings is 1. The van der Waals surface area contributed by atoms with E-state index in [-0.39, 0.29) is 5.82 Å². The summed E-state index contributed by atoms with van der Waals surface area (Å²) >= 11 is 1.63. The summed E-state index contributed by atoms with van der Waals surface area (Å²) in [4.78, 5) is 1.13. The van der Waals surface area contributed by atoms with Gasteiger partial charge in [0.2, 0.25) is 0 Å². The average molecular weight is 207 g/mol. The van der Waals surface area contributed by atoms with Gasteiger partial charge < -0.3 is 5.73 Å². The molecule has 0 fully saturated rings. The molecule has 1 aromatic carbocycles. The van der Waals surface area contributed by atoms with Gasteiger partial charge in [0.25, 0.3) is 0 Å². The molecule has 0 atom stereocenters. The van der Waals surface area contributed by atoms with Crippen molar-refractivity contribution in [3.8, 4) is 10.4 Å². The van der Waals surface area contributed by atoms with Crippen LogP contribution in [0.15, 0.2) is 35.7 Å². The summed E-state index contributed by atoms with van der Waals surface area (Å²) in [5.74, 6) is -0.231. The van der Waals surface area contributed by atoms with E-state index in [1.807, 2.05) is 17.5 Å². The third-order valence-corrected chi connectivity index (χ3v) is 2.98. The monoisotopic (exact) mass is 207 g/mol. The van der Waals surface area contributed by atoms with Crippen LogP contribution >= 0.6 is 11.3 Å². The van der Waals surface area contributed by atoms with Crippen LogP contribution in [0.25, 0.3) is 10.4 Å². The predicted molar refractivity (Wildman–Crippen MR) is 57.6 cm³/mol. The maximum atomic E-state index is 12.9. The first-order chi connectivity index (χ1) is 6.81. The second-order valence-corrected chi connectivity index (χ2v) is 3.93. The normalized spacial score (nSPS) is 10.4. The fraction of sp³-hybridized carbons (Fsp3) is 0.0909. The van der Waals surface area contributed by atoms with Crippen LogP contribution in [0.4, 0.5) is 4.39 Å². The Balaban J connectivity index is 2.53. The number of hydrogen-bond donors (Lipinski definition) is 1. The van der Waals surface area contributed by atoms with E-state index >= 15 is 0 Å². The molecule has 2 aromatic rings. The van der Waals surface area contributed by atoms with Gasteiger partial charge in [0.1, 0.15) is 5.82 Å². The van der Waals surface area contributed by atoms with Gasteiger partial charge in [-0.25, -0.2) is 4.39 Å². The summed E-state index contributed by atoms with van der Waals surface area (Å²) in [6.07, 6.45) is 0. The number of halogens is 1. The molecule has 3 heteroatoms. The van der Waals surface area contributed by atoms with Gasteiger partial charge in [0.15, 0.2) is 0 Å². The van der Waals surface area contributed by atoms with E-state index in [1.54, 1.807) is 17.4 Å². The molecule has 14 heavy (non-hydrogen) atoms. The van der Waals surface area contributed by atoms with Crippen molar-refractivity contribution in [3.05, 3.63) is 47.1 Å². The van der Waals surface area contributed by atoms with Gasteiger partial charge in [-0.1, -0.05) is 12.1 Å². The van der Waals surface area contributed by atoms with Crippen molar-refractivity contribution in [3.63, 3.8) is 0 Å². The molecule has 0 amide bonds. The Morgan fingerprint density at radius 3 is 2.79 bits per heavy atom. The molecule has 0 saturated heterocycles. The summed E-state index contributed by atoms with van der Waals surface area (Å²) in [5, 5.41) is 2.00. The predicted octanol–water partition coefficient (Wildman–Crippen LogP) is 3.01. The molecule has 0 aliphatic rings. The molecular formula is C11H10FNS. The Labute approximate surface area is 86.0 Å². The number of nitrogens with two attached hydrogens (primary N) is 1. The van der Waals surface area contributed by atoms with Crippen LogP contribution in [0.2, 0.25) is 0 Å². The molecule has 2 rings (SSSR count). The van der Waals surface area contributed by atoms with Crippen LogP contribution in [0.1, 0.15) is 5.56 Å². The van der Waals surface area contributed by atoms with Gasteiger partial charge in [0, 0.05) is 11.4 Å². The number of rotatable bonds is 2. The maximum absolute atomic E-state index is 12.9. The lowest BCUT2D eigenvalue weighted by molar-refractivity contribution is 0.626. The maximum Gasteiger partial charge on any atom is 0.123 e. The van der Waals surface area contributed by atoms with Crippen molar-refractivity contribution in [1.82, 2.24) is 0 Å². The van der Waals surface area contributed by atoms with Crippen LogP contribution in [0, 0.1) is 5.82 Å². The Morgan fingerprint density at radius 2 is 2.14 bits per heavy atom. The van der Waals surface area contributed by atoms with E-state index in [0.717, 1.165) is 16.0 Å². The molecule has 0 aliphatic carbocycles. The zero-order chi connectivity index (χ0) is 9.97. The Bertz CT molecular complexity index is 423. The van der Waals surface area contributed by atoms with Crippen LogP contribution < -0.4 is 5.73 Å². The first-order valence-electron chi connectivity index (χ1n) is 4.33. The van der Waals surface area contributed by atoms with Gasteiger partial charge in [0.05, 0.1) is 0 Å². The second-order valence-electron chi connectivity index (χ2n) is 2.98. The van der Waals surface area contributed by atoms with Gasteiger partial charge in [-0.2, -0.15) is 0 Å². The summed E-state index contributed by atoms with van der Waals surface area (Å²) in [5.41, 5.74) is 7.45. The minimum Gasteiger partial charge on any atom is -0.326 e. The van der Waals surface area contributed by atoms with Crippen molar-refractivity contribution in [2.24, 2.45) is 5.73 Å². The van der Waals surface area contributed by atoms with Crippen LogP contribution in [-0.4, -0.2) is 0 Å². The van der Waals surface area contributed by atoms with E-state index < -0.39 is 0 Å². The molecule has 1 heterocycles. The first kappa shape index (κ1) is 9.37. The van der Waals surface area contributed by atoms with Crippen LogP contribution in [0.5, 0.6) is 0 Å². The minimum absolute atomic E-state index is 0.231. The summed E-state index contributed by atoms with van der Waals surface area (Å²) in [6, 6.07) is 8.73. The Kier molecular flexibility index (Phi) is 2.61.